The molecule has 0 unspecified atom stereocenters. The monoisotopic (exact) mass is 468 g/mol. The summed E-state index contributed by atoms with van der Waals surface area (Å²) in [5.74, 6) is -0.539. The first-order valence-corrected chi connectivity index (χ1v) is 11.0. The zero-order chi connectivity index (χ0) is 25.8. The van der Waals surface area contributed by atoms with E-state index in [1.54, 1.807) is 13.8 Å². The molecule has 0 aromatic rings. The first kappa shape index (κ1) is 30.6. The highest BCUT2D eigenvalue weighted by Gasteiger charge is 2.62. The number of esters is 3. The zero-order valence-electron chi connectivity index (χ0n) is 20.6. The topological polar surface area (TPSA) is 119 Å². The zero-order valence-corrected chi connectivity index (χ0v) is 20.6. The van der Waals surface area contributed by atoms with Gasteiger partial charge in [0.15, 0.2) is 0 Å². The number of rotatable bonds is 8. The number of hydrogen-bond donors (Lipinski definition) is 2. The average molecular weight is 469 g/mol. The first-order chi connectivity index (χ1) is 15.3. The van der Waals surface area contributed by atoms with Crippen LogP contribution < -0.4 is 0 Å². The van der Waals surface area contributed by atoms with Crippen LogP contribution in [0.5, 0.6) is 0 Å². The SMILES string of the molecule is C=C(C)C(=O)OCCOC(=O)C(=C)C.C=CC(=O)O[C@H]1C[C@@H]2CC[C@@]1(C)C2(C)C.OCCO. The lowest BCUT2D eigenvalue weighted by atomic mass is 9.70. The van der Waals surface area contributed by atoms with E-state index in [9.17, 15) is 14.4 Å². The van der Waals surface area contributed by atoms with Gasteiger partial charge in [-0.15, -0.1) is 0 Å². The third-order valence-corrected chi connectivity index (χ3v) is 6.49. The van der Waals surface area contributed by atoms with Crippen molar-refractivity contribution < 1.29 is 38.8 Å². The Morgan fingerprint density at radius 2 is 1.42 bits per heavy atom. The Morgan fingerprint density at radius 1 is 0.970 bits per heavy atom. The van der Waals surface area contributed by atoms with Gasteiger partial charge in [-0.3, -0.25) is 0 Å². The lowest BCUT2D eigenvalue weighted by Gasteiger charge is -2.38. The van der Waals surface area contributed by atoms with Gasteiger partial charge in [0.25, 0.3) is 0 Å². The van der Waals surface area contributed by atoms with Crippen LogP contribution in [0, 0.1) is 16.7 Å². The van der Waals surface area contributed by atoms with Gasteiger partial charge in [-0.25, -0.2) is 14.4 Å². The van der Waals surface area contributed by atoms with Crippen LogP contribution in [0.3, 0.4) is 0 Å². The van der Waals surface area contributed by atoms with Crippen LogP contribution in [0.1, 0.15) is 53.9 Å². The number of hydrogen-bond acceptors (Lipinski definition) is 8. The molecule has 2 N–H and O–H groups in total. The summed E-state index contributed by atoms with van der Waals surface area (Å²) in [7, 11) is 0. The Labute approximate surface area is 197 Å². The maximum atomic E-state index is 11.3. The summed E-state index contributed by atoms with van der Waals surface area (Å²) in [5.41, 5.74) is 1.10. The van der Waals surface area contributed by atoms with Gasteiger partial charge in [-0.05, 0) is 44.4 Å². The van der Waals surface area contributed by atoms with Crippen molar-refractivity contribution in [2.75, 3.05) is 26.4 Å². The second-order valence-electron chi connectivity index (χ2n) is 9.02. The van der Waals surface area contributed by atoms with Crippen LogP contribution in [0.15, 0.2) is 37.0 Å². The lowest BCUT2D eigenvalue weighted by molar-refractivity contribution is -0.150. The molecule has 8 nitrogen and oxygen atoms in total. The highest BCUT2D eigenvalue weighted by Crippen LogP contribution is 2.66. The molecule has 2 saturated carbocycles. The van der Waals surface area contributed by atoms with Crippen molar-refractivity contribution in [1.82, 2.24) is 0 Å². The average Bonchev–Trinajstić information content (AvgIpc) is 3.10. The van der Waals surface area contributed by atoms with E-state index in [0.29, 0.717) is 22.5 Å². The number of aliphatic hydroxyl groups excluding tert-OH is 2. The molecule has 0 amide bonds. The molecular weight excluding hydrogens is 428 g/mol. The van der Waals surface area contributed by atoms with Crippen molar-refractivity contribution in [3.8, 4) is 0 Å². The fraction of sp³-hybridized carbons (Fsp3) is 0.640. The molecule has 0 aromatic carbocycles. The van der Waals surface area contributed by atoms with E-state index in [1.165, 1.54) is 18.9 Å². The van der Waals surface area contributed by atoms with Crippen LogP contribution in [0.2, 0.25) is 0 Å². The highest BCUT2D eigenvalue weighted by atomic mass is 16.6. The predicted octanol–water partition coefficient (Wildman–Crippen LogP) is 3.13. The van der Waals surface area contributed by atoms with Crippen molar-refractivity contribution in [2.45, 2.75) is 60.0 Å². The minimum Gasteiger partial charge on any atom is -0.459 e. The Kier molecular flexibility index (Phi) is 12.9. The smallest absolute Gasteiger partial charge is 0.333 e. The molecule has 3 atom stereocenters. The van der Waals surface area contributed by atoms with Gasteiger partial charge in [-0.2, -0.15) is 0 Å². The van der Waals surface area contributed by atoms with Crippen molar-refractivity contribution in [2.24, 2.45) is 16.7 Å². The summed E-state index contributed by atoms with van der Waals surface area (Å²) < 4.78 is 14.9. The van der Waals surface area contributed by atoms with Crippen molar-refractivity contribution in [3.05, 3.63) is 37.0 Å². The second kappa shape index (κ2) is 14.0. The largest absolute Gasteiger partial charge is 0.459 e. The van der Waals surface area contributed by atoms with Crippen LogP contribution in [-0.2, 0) is 28.6 Å². The highest BCUT2D eigenvalue weighted by molar-refractivity contribution is 5.87. The van der Waals surface area contributed by atoms with Crippen LogP contribution in [-0.4, -0.2) is 60.7 Å². The van der Waals surface area contributed by atoms with E-state index >= 15 is 0 Å². The van der Waals surface area contributed by atoms with Gasteiger partial charge in [0.2, 0.25) is 0 Å². The number of aliphatic hydroxyl groups is 2. The fourth-order valence-electron chi connectivity index (χ4n) is 4.01. The lowest BCUT2D eigenvalue weighted by Crippen LogP contribution is -2.38. The molecular formula is C25H40O8. The standard InChI is InChI=1S/C13H20O2.C10H14O4.C2H6O2/c1-5-11(14)15-10-8-9-6-7-13(10,4)12(9,2)3;1-7(2)9(11)13-5-6-14-10(12)8(3)4;3-1-2-4/h5,9-10H,1,6-8H2,2-4H3;1,3,5-6H2,2,4H3;3-4H,1-2H2/t9-,10-,13+;;/m0../s1. The summed E-state index contributed by atoms with van der Waals surface area (Å²) in [6.07, 6.45) is 4.85. The molecule has 33 heavy (non-hydrogen) atoms. The molecule has 2 aliphatic carbocycles. The second-order valence-corrected chi connectivity index (χ2v) is 9.02. The third-order valence-electron chi connectivity index (χ3n) is 6.49. The van der Waals surface area contributed by atoms with E-state index < -0.39 is 11.9 Å². The molecule has 188 valence electrons. The summed E-state index contributed by atoms with van der Waals surface area (Å²) in [6, 6.07) is 0. The Hall–Kier alpha value is -2.45. The Morgan fingerprint density at radius 3 is 1.70 bits per heavy atom. The van der Waals surface area contributed by atoms with Crippen molar-refractivity contribution in [3.63, 3.8) is 0 Å². The fourth-order valence-corrected chi connectivity index (χ4v) is 4.01. The molecule has 0 spiro atoms. The molecule has 0 radical (unpaired) electrons. The molecule has 2 fully saturated rings. The normalized spacial score (nSPS) is 23.6. The van der Waals surface area contributed by atoms with Gasteiger partial charge in [0, 0.05) is 22.6 Å². The molecule has 0 saturated heterocycles. The number of ether oxygens (including phenoxy) is 3. The molecule has 0 heterocycles. The summed E-state index contributed by atoms with van der Waals surface area (Å²) in [4.78, 5) is 32.9. The molecule has 0 aromatic heterocycles. The molecule has 8 heteroatoms. The third kappa shape index (κ3) is 8.78. The van der Waals surface area contributed by atoms with Gasteiger partial charge in [0.05, 0.1) is 13.2 Å². The van der Waals surface area contributed by atoms with Crippen LogP contribution in [0.4, 0.5) is 0 Å². The predicted molar refractivity (Wildman–Crippen MR) is 125 cm³/mol. The maximum absolute atomic E-state index is 11.3. The maximum Gasteiger partial charge on any atom is 0.333 e. The number of fused-ring (bicyclic) bond motifs is 2. The minimum atomic E-state index is -0.489. The Balaban J connectivity index is 0.000000536. The molecule has 2 aliphatic rings. The van der Waals surface area contributed by atoms with Gasteiger partial charge in [0.1, 0.15) is 19.3 Å². The van der Waals surface area contributed by atoms with Gasteiger partial charge >= 0.3 is 17.9 Å². The van der Waals surface area contributed by atoms with Crippen LogP contribution >= 0.6 is 0 Å². The van der Waals surface area contributed by atoms with E-state index in [1.807, 2.05) is 0 Å². The summed E-state index contributed by atoms with van der Waals surface area (Å²) in [6.45, 7) is 20.0. The Bertz CT molecular complexity index is 694. The summed E-state index contributed by atoms with van der Waals surface area (Å²) >= 11 is 0. The molecule has 0 aliphatic heterocycles. The van der Waals surface area contributed by atoms with Crippen molar-refractivity contribution >= 4 is 17.9 Å². The van der Waals surface area contributed by atoms with E-state index in [-0.39, 0.29) is 43.9 Å². The van der Waals surface area contributed by atoms with E-state index in [2.05, 4.69) is 50.0 Å². The van der Waals surface area contributed by atoms with Crippen molar-refractivity contribution in [1.29, 1.82) is 0 Å². The van der Waals surface area contributed by atoms with Gasteiger partial charge in [-0.1, -0.05) is 40.5 Å². The van der Waals surface area contributed by atoms with E-state index in [4.69, 9.17) is 14.9 Å². The molecule has 2 rings (SSSR count). The van der Waals surface area contributed by atoms with Gasteiger partial charge < -0.3 is 24.4 Å². The molecule has 2 bridgehead atoms. The quantitative estimate of drug-likeness (QED) is 0.241. The number of carbonyl (C=O) groups excluding carboxylic acids is 3. The van der Waals surface area contributed by atoms with E-state index in [0.717, 1.165) is 6.42 Å². The first-order valence-electron chi connectivity index (χ1n) is 11.0. The number of carbonyl (C=O) groups is 3. The summed E-state index contributed by atoms with van der Waals surface area (Å²) in [5, 5.41) is 15.2. The van der Waals surface area contributed by atoms with Crippen LogP contribution in [0.25, 0.3) is 0 Å². The minimum absolute atomic E-state index is 0.0325.